The second-order valence-corrected chi connectivity index (χ2v) is 21.8. The van der Waals surface area contributed by atoms with E-state index in [0.717, 1.165) is 38.5 Å². The van der Waals surface area contributed by atoms with Gasteiger partial charge in [-0.2, -0.15) is 0 Å². The van der Waals surface area contributed by atoms with E-state index in [4.69, 9.17) is 4.74 Å². The Morgan fingerprint density at radius 1 is 0.353 bits per heavy atom. The molecule has 0 radical (unpaired) electrons. The van der Waals surface area contributed by atoms with Crippen LogP contribution in [-0.4, -0.2) is 47.4 Å². The minimum Gasteiger partial charge on any atom is -0.466 e. The maximum Gasteiger partial charge on any atom is 0.305 e. The van der Waals surface area contributed by atoms with Gasteiger partial charge in [-0.15, -0.1) is 0 Å². The normalized spacial score (nSPS) is 12.5. The topological polar surface area (TPSA) is 95.9 Å². The Bertz CT molecular complexity index is 975. The maximum atomic E-state index is 12.5. The summed E-state index contributed by atoms with van der Waals surface area (Å²) >= 11 is 0. The monoisotopic (exact) mass is 962 g/mol. The second-order valence-electron chi connectivity index (χ2n) is 21.8. The number of esters is 1. The van der Waals surface area contributed by atoms with E-state index >= 15 is 0 Å². The molecular formula is C62H123NO5. The summed E-state index contributed by atoms with van der Waals surface area (Å²) in [6, 6.07) is -0.545. The van der Waals surface area contributed by atoms with E-state index in [0.29, 0.717) is 25.9 Å². The Balaban J connectivity index is 3.38. The van der Waals surface area contributed by atoms with Crippen molar-refractivity contribution in [3.63, 3.8) is 0 Å². The molecule has 0 aliphatic carbocycles. The maximum absolute atomic E-state index is 12.5. The molecule has 0 aliphatic heterocycles. The number of amides is 1. The number of nitrogens with one attached hydrogen (secondary N) is 1. The number of aliphatic hydroxyl groups excluding tert-OH is 2. The first-order valence-electron chi connectivity index (χ1n) is 31.3. The highest BCUT2D eigenvalue weighted by atomic mass is 16.5. The summed E-state index contributed by atoms with van der Waals surface area (Å²) in [6.45, 7) is 4.98. The lowest BCUT2D eigenvalue weighted by atomic mass is 10.0. The molecule has 6 nitrogen and oxygen atoms in total. The van der Waals surface area contributed by atoms with Gasteiger partial charge in [0.15, 0.2) is 0 Å². The van der Waals surface area contributed by atoms with Crippen LogP contribution in [0.1, 0.15) is 361 Å². The Morgan fingerprint density at radius 2 is 0.603 bits per heavy atom. The lowest BCUT2D eigenvalue weighted by Gasteiger charge is -2.22. The molecule has 0 saturated heterocycles. The summed E-state index contributed by atoms with van der Waals surface area (Å²) in [4.78, 5) is 24.6. The number of aliphatic hydroxyl groups is 2. The molecule has 0 aromatic carbocycles. The minimum absolute atomic E-state index is 0.00923. The molecule has 0 spiro atoms. The van der Waals surface area contributed by atoms with Crippen LogP contribution in [0.3, 0.4) is 0 Å². The Kier molecular flexibility index (Phi) is 57.5. The third-order valence-corrected chi connectivity index (χ3v) is 14.9. The number of carbonyl (C=O) groups is 2. The van der Waals surface area contributed by atoms with Gasteiger partial charge in [0.1, 0.15) is 0 Å². The molecule has 0 fully saturated rings. The van der Waals surface area contributed by atoms with Crippen LogP contribution >= 0.6 is 0 Å². The molecule has 406 valence electrons. The van der Waals surface area contributed by atoms with Gasteiger partial charge in [-0.1, -0.05) is 322 Å². The average molecular weight is 963 g/mol. The van der Waals surface area contributed by atoms with E-state index < -0.39 is 12.1 Å². The van der Waals surface area contributed by atoms with Gasteiger partial charge in [0.2, 0.25) is 5.91 Å². The summed E-state index contributed by atoms with van der Waals surface area (Å²) in [5, 5.41) is 23.3. The van der Waals surface area contributed by atoms with Crippen LogP contribution in [0.25, 0.3) is 0 Å². The van der Waals surface area contributed by atoms with Gasteiger partial charge in [0.05, 0.1) is 25.4 Å². The number of ether oxygens (including phenoxy) is 1. The zero-order valence-electron chi connectivity index (χ0n) is 46.4. The van der Waals surface area contributed by atoms with Gasteiger partial charge in [0.25, 0.3) is 0 Å². The lowest BCUT2D eigenvalue weighted by molar-refractivity contribution is -0.143. The number of unbranched alkanes of at least 4 members (excludes halogenated alkanes) is 48. The summed E-state index contributed by atoms with van der Waals surface area (Å²) in [7, 11) is 0. The molecule has 0 heterocycles. The molecule has 3 N–H and O–H groups in total. The lowest BCUT2D eigenvalue weighted by Crippen LogP contribution is -2.45. The Morgan fingerprint density at radius 3 is 0.897 bits per heavy atom. The number of rotatable bonds is 59. The third kappa shape index (κ3) is 54.2. The predicted octanol–water partition coefficient (Wildman–Crippen LogP) is 19.5. The SMILES string of the molecule is CCCCCCCCCCCCCCCCCCCCCC(=O)OCCCCCCCCCCCCCCCCCCC(=O)NC(CO)C(O)CCCCCCCCCCCCCCCCCC. The fourth-order valence-corrected chi connectivity index (χ4v) is 10.1. The van der Waals surface area contributed by atoms with Crippen LogP contribution in [0, 0.1) is 0 Å². The highest BCUT2D eigenvalue weighted by Crippen LogP contribution is 2.19. The molecule has 1 amide bonds. The quantitative estimate of drug-likeness (QED) is 0.0417. The summed E-state index contributed by atoms with van der Waals surface area (Å²) in [5.74, 6) is -0.0288. The first-order valence-corrected chi connectivity index (χ1v) is 31.3. The van der Waals surface area contributed by atoms with E-state index in [1.807, 2.05) is 0 Å². The average Bonchev–Trinajstić information content (AvgIpc) is 3.34. The zero-order valence-corrected chi connectivity index (χ0v) is 46.4. The fraction of sp³-hybridized carbons (Fsp3) is 0.968. The van der Waals surface area contributed by atoms with Crippen LogP contribution in [0.15, 0.2) is 0 Å². The Hall–Kier alpha value is -1.14. The molecular weight excluding hydrogens is 839 g/mol. The van der Waals surface area contributed by atoms with E-state index in [1.54, 1.807) is 0 Å². The molecule has 0 aromatic heterocycles. The minimum atomic E-state index is -0.668. The highest BCUT2D eigenvalue weighted by Gasteiger charge is 2.20. The van der Waals surface area contributed by atoms with Crippen molar-refractivity contribution in [1.82, 2.24) is 5.32 Å². The standard InChI is InChI=1S/C62H123NO5/c1-3-5-7-9-11-13-15-17-19-21-22-23-28-32-36-40-44-48-52-56-62(67)68-57-53-49-45-41-37-33-29-25-24-27-31-35-39-43-47-51-55-61(66)63-59(58-64)60(65)54-50-46-42-38-34-30-26-20-18-16-14-12-10-8-6-4-2/h59-60,64-65H,3-58H2,1-2H3,(H,63,66). The Labute approximate surface area is 426 Å². The van der Waals surface area contributed by atoms with Gasteiger partial charge in [0, 0.05) is 12.8 Å². The van der Waals surface area contributed by atoms with E-state index in [1.165, 1.54) is 289 Å². The number of carbonyl (C=O) groups excluding carboxylic acids is 2. The fourth-order valence-electron chi connectivity index (χ4n) is 10.1. The zero-order chi connectivity index (χ0) is 49.3. The van der Waals surface area contributed by atoms with Crippen LogP contribution in [-0.2, 0) is 14.3 Å². The first-order chi connectivity index (χ1) is 33.5. The van der Waals surface area contributed by atoms with E-state index in [2.05, 4.69) is 19.2 Å². The summed E-state index contributed by atoms with van der Waals surface area (Å²) in [5.41, 5.74) is 0. The van der Waals surface area contributed by atoms with Crippen molar-refractivity contribution in [2.75, 3.05) is 13.2 Å². The predicted molar refractivity (Wildman–Crippen MR) is 297 cm³/mol. The molecule has 2 unspecified atom stereocenters. The third-order valence-electron chi connectivity index (χ3n) is 14.9. The summed E-state index contributed by atoms with van der Waals surface area (Å²) in [6.07, 6.45) is 68.2. The van der Waals surface area contributed by atoms with Crippen molar-refractivity contribution < 1.29 is 24.5 Å². The highest BCUT2D eigenvalue weighted by molar-refractivity contribution is 5.76. The van der Waals surface area contributed by atoms with E-state index in [9.17, 15) is 19.8 Å². The van der Waals surface area contributed by atoms with Crippen molar-refractivity contribution in [2.45, 2.75) is 373 Å². The van der Waals surface area contributed by atoms with Gasteiger partial charge in [-0.3, -0.25) is 9.59 Å². The van der Waals surface area contributed by atoms with Crippen LogP contribution < -0.4 is 5.32 Å². The molecule has 6 heteroatoms. The molecule has 0 bridgehead atoms. The van der Waals surface area contributed by atoms with Crippen molar-refractivity contribution >= 4 is 11.9 Å². The molecule has 0 aromatic rings. The van der Waals surface area contributed by atoms with Crippen LogP contribution in [0.5, 0.6) is 0 Å². The van der Waals surface area contributed by atoms with Gasteiger partial charge >= 0.3 is 5.97 Å². The van der Waals surface area contributed by atoms with Crippen molar-refractivity contribution in [2.24, 2.45) is 0 Å². The summed E-state index contributed by atoms with van der Waals surface area (Å²) < 4.78 is 5.50. The van der Waals surface area contributed by atoms with Crippen molar-refractivity contribution in [3.8, 4) is 0 Å². The molecule has 2 atom stereocenters. The molecule has 0 saturated carbocycles. The second kappa shape index (κ2) is 58.4. The molecule has 0 rings (SSSR count). The van der Waals surface area contributed by atoms with E-state index in [-0.39, 0.29) is 18.5 Å². The molecule has 0 aliphatic rings. The number of hydrogen-bond acceptors (Lipinski definition) is 5. The number of hydrogen-bond donors (Lipinski definition) is 3. The van der Waals surface area contributed by atoms with Gasteiger partial charge in [-0.25, -0.2) is 0 Å². The van der Waals surface area contributed by atoms with Gasteiger partial charge < -0.3 is 20.3 Å². The van der Waals surface area contributed by atoms with Crippen molar-refractivity contribution in [1.29, 1.82) is 0 Å². The largest absolute Gasteiger partial charge is 0.466 e. The van der Waals surface area contributed by atoms with Crippen molar-refractivity contribution in [3.05, 3.63) is 0 Å². The van der Waals surface area contributed by atoms with Gasteiger partial charge in [-0.05, 0) is 25.7 Å². The van der Waals surface area contributed by atoms with Crippen LogP contribution in [0.4, 0.5) is 0 Å². The van der Waals surface area contributed by atoms with Crippen LogP contribution in [0.2, 0.25) is 0 Å². The smallest absolute Gasteiger partial charge is 0.305 e. The first kappa shape index (κ1) is 66.9. The molecule has 68 heavy (non-hydrogen) atoms.